The summed E-state index contributed by atoms with van der Waals surface area (Å²) >= 11 is 1.39. The van der Waals surface area contributed by atoms with Crippen molar-refractivity contribution in [2.75, 3.05) is 13.1 Å². The van der Waals surface area contributed by atoms with Crippen LogP contribution in [0.2, 0.25) is 0 Å². The summed E-state index contributed by atoms with van der Waals surface area (Å²) < 4.78 is 5.85. The molecule has 2 fully saturated rings. The molecule has 4 heterocycles. The summed E-state index contributed by atoms with van der Waals surface area (Å²) in [7, 11) is 0. The number of thiazole rings is 1. The number of likely N-dealkylation sites (tertiary alicyclic amines) is 2. The van der Waals surface area contributed by atoms with Gasteiger partial charge in [-0.3, -0.25) is 9.69 Å². The van der Waals surface area contributed by atoms with Crippen LogP contribution in [0.4, 0.5) is 0 Å². The number of ether oxygens (including phenoxy) is 1. The van der Waals surface area contributed by atoms with Crippen molar-refractivity contribution >= 4 is 27.7 Å². The van der Waals surface area contributed by atoms with Crippen molar-refractivity contribution in [2.45, 2.75) is 32.0 Å². The predicted octanol–water partition coefficient (Wildman–Crippen LogP) is 2.68. The maximum atomic E-state index is 11.6. The maximum absolute atomic E-state index is 11.6. The van der Waals surface area contributed by atoms with Crippen molar-refractivity contribution in [3.63, 3.8) is 0 Å². The van der Waals surface area contributed by atoms with Crippen LogP contribution in [0.1, 0.15) is 18.9 Å². The molecule has 1 aromatic carbocycles. The second-order valence-corrected chi connectivity index (χ2v) is 8.00. The maximum Gasteiger partial charge on any atom is 0.282 e. The van der Waals surface area contributed by atoms with Crippen LogP contribution in [-0.2, 0) is 11.3 Å². The Morgan fingerprint density at radius 2 is 2.00 bits per heavy atom. The Labute approximate surface area is 160 Å². The molecule has 2 bridgehead atoms. The zero-order chi connectivity index (χ0) is 18.4. The Morgan fingerprint density at radius 3 is 2.70 bits per heavy atom. The van der Waals surface area contributed by atoms with E-state index in [0.29, 0.717) is 22.9 Å². The molecule has 27 heavy (non-hydrogen) atoms. The van der Waals surface area contributed by atoms with Gasteiger partial charge in [-0.2, -0.15) is 4.98 Å². The summed E-state index contributed by atoms with van der Waals surface area (Å²) in [5.74, 6) is 0.951. The SMILES string of the molecule is CC(=O)N1C[C@@H]2C[C@H]1CN2Cc1ccc(Oc2nc3nccnc3s2)cc1. The second kappa shape index (κ2) is 6.54. The highest BCUT2D eigenvalue weighted by Gasteiger charge is 2.43. The van der Waals surface area contributed by atoms with E-state index in [1.807, 2.05) is 17.0 Å². The molecule has 8 heteroatoms. The van der Waals surface area contributed by atoms with E-state index in [0.717, 1.165) is 36.6 Å². The van der Waals surface area contributed by atoms with Crippen molar-refractivity contribution in [3.05, 3.63) is 42.2 Å². The van der Waals surface area contributed by atoms with Crippen LogP contribution in [0.5, 0.6) is 10.9 Å². The molecule has 138 valence electrons. The minimum Gasteiger partial charge on any atom is -0.431 e. The predicted molar refractivity (Wildman–Crippen MR) is 102 cm³/mol. The van der Waals surface area contributed by atoms with Gasteiger partial charge in [-0.25, -0.2) is 9.97 Å². The third-order valence-electron chi connectivity index (χ3n) is 5.30. The number of rotatable bonds is 4. The number of fused-ring (bicyclic) bond motifs is 3. The highest BCUT2D eigenvalue weighted by molar-refractivity contribution is 7.19. The molecule has 0 aliphatic carbocycles. The number of benzene rings is 1. The van der Waals surface area contributed by atoms with Crippen LogP contribution in [0.15, 0.2) is 36.7 Å². The standard InChI is InChI=1S/C19H19N5O2S/c1-12(25)24-11-14-8-15(24)10-23(14)9-13-2-4-16(5-3-13)26-19-22-17-18(27-19)21-7-6-20-17/h2-7,14-15H,8-11H2,1H3/t14-,15-/m0/s1. The molecule has 2 aliphatic heterocycles. The molecule has 0 N–H and O–H groups in total. The van der Waals surface area contributed by atoms with E-state index in [9.17, 15) is 4.79 Å². The summed E-state index contributed by atoms with van der Waals surface area (Å²) in [4.78, 5) is 29.6. The summed E-state index contributed by atoms with van der Waals surface area (Å²) in [5, 5.41) is 0.546. The first kappa shape index (κ1) is 16.6. The first-order chi connectivity index (χ1) is 13.2. The van der Waals surface area contributed by atoms with E-state index < -0.39 is 0 Å². The number of nitrogens with zero attached hydrogens (tertiary/aromatic N) is 5. The molecule has 2 aromatic heterocycles. The van der Waals surface area contributed by atoms with E-state index >= 15 is 0 Å². The largest absolute Gasteiger partial charge is 0.431 e. The Morgan fingerprint density at radius 1 is 1.19 bits per heavy atom. The van der Waals surface area contributed by atoms with Crippen LogP contribution in [-0.4, -0.2) is 55.8 Å². The van der Waals surface area contributed by atoms with E-state index in [1.54, 1.807) is 19.3 Å². The monoisotopic (exact) mass is 381 g/mol. The van der Waals surface area contributed by atoms with E-state index in [4.69, 9.17) is 4.74 Å². The first-order valence-corrected chi connectivity index (χ1v) is 9.83. The average Bonchev–Trinajstić information content (AvgIpc) is 3.36. The fraction of sp³-hybridized carbons (Fsp3) is 0.368. The Hall–Kier alpha value is -2.58. The van der Waals surface area contributed by atoms with Gasteiger partial charge in [0.15, 0.2) is 10.5 Å². The molecule has 1 amide bonds. The number of amides is 1. The minimum absolute atomic E-state index is 0.198. The molecule has 7 nitrogen and oxygen atoms in total. The quantitative estimate of drug-likeness (QED) is 0.692. The summed E-state index contributed by atoms with van der Waals surface area (Å²) in [6.07, 6.45) is 4.38. The molecule has 3 aromatic rings. The van der Waals surface area contributed by atoms with Crippen LogP contribution in [0, 0.1) is 0 Å². The van der Waals surface area contributed by atoms with Crippen LogP contribution in [0.3, 0.4) is 0 Å². The lowest BCUT2D eigenvalue weighted by Crippen LogP contribution is -2.47. The first-order valence-electron chi connectivity index (χ1n) is 9.01. The van der Waals surface area contributed by atoms with E-state index in [-0.39, 0.29) is 5.91 Å². The summed E-state index contributed by atoms with van der Waals surface area (Å²) in [5.41, 5.74) is 1.86. The van der Waals surface area contributed by atoms with Crippen molar-refractivity contribution < 1.29 is 9.53 Å². The third-order valence-corrected chi connectivity index (χ3v) is 6.13. The molecule has 2 atom stereocenters. The minimum atomic E-state index is 0.198. The molecule has 2 saturated heterocycles. The van der Waals surface area contributed by atoms with Gasteiger partial charge in [0.1, 0.15) is 5.75 Å². The highest BCUT2D eigenvalue weighted by Crippen LogP contribution is 2.33. The van der Waals surface area contributed by atoms with Gasteiger partial charge in [-0.05, 0) is 24.1 Å². The number of hydrogen-bond acceptors (Lipinski definition) is 7. The van der Waals surface area contributed by atoms with Gasteiger partial charge in [-0.15, -0.1) is 0 Å². The average molecular weight is 381 g/mol. The van der Waals surface area contributed by atoms with E-state index in [1.165, 1.54) is 16.9 Å². The van der Waals surface area contributed by atoms with Crippen LogP contribution < -0.4 is 4.74 Å². The van der Waals surface area contributed by atoms with Gasteiger partial charge in [-0.1, -0.05) is 23.5 Å². The van der Waals surface area contributed by atoms with Crippen LogP contribution >= 0.6 is 11.3 Å². The number of aromatic nitrogens is 3. The fourth-order valence-corrected chi connectivity index (χ4v) is 4.77. The molecule has 0 spiro atoms. The molecule has 0 radical (unpaired) electrons. The second-order valence-electron chi connectivity index (χ2n) is 7.06. The lowest BCUT2D eigenvalue weighted by Gasteiger charge is -2.33. The Bertz CT molecular complexity index is 956. The summed E-state index contributed by atoms with van der Waals surface area (Å²) in [6.45, 7) is 4.40. The molecule has 0 saturated carbocycles. The van der Waals surface area contributed by atoms with Gasteiger partial charge < -0.3 is 9.64 Å². The Kier molecular flexibility index (Phi) is 4.02. The van der Waals surface area contributed by atoms with Crippen molar-refractivity contribution in [3.8, 4) is 10.9 Å². The smallest absolute Gasteiger partial charge is 0.282 e. The lowest BCUT2D eigenvalue weighted by molar-refractivity contribution is -0.131. The van der Waals surface area contributed by atoms with Crippen molar-refractivity contribution in [1.82, 2.24) is 24.8 Å². The van der Waals surface area contributed by atoms with Gasteiger partial charge in [0.05, 0.1) is 0 Å². The van der Waals surface area contributed by atoms with E-state index in [2.05, 4.69) is 32.0 Å². The van der Waals surface area contributed by atoms with Crippen LogP contribution in [0.25, 0.3) is 10.5 Å². The number of hydrogen-bond donors (Lipinski definition) is 0. The zero-order valence-electron chi connectivity index (χ0n) is 14.9. The molecular weight excluding hydrogens is 362 g/mol. The van der Waals surface area contributed by atoms with Gasteiger partial charge in [0.25, 0.3) is 5.19 Å². The molecule has 2 aliphatic rings. The Balaban J connectivity index is 1.23. The highest BCUT2D eigenvalue weighted by atomic mass is 32.1. The van der Waals surface area contributed by atoms with Gasteiger partial charge in [0, 0.05) is 51.0 Å². The van der Waals surface area contributed by atoms with Gasteiger partial charge >= 0.3 is 0 Å². The topological polar surface area (TPSA) is 71.5 Å². The van der Waals surface area contributed by atoms with Crippen molar-refractivity contribution in [2.24, 2.45) is 0 Å². The normalized spacial score (nSPS) is 21.9. The molecular formula is C19H19N5O2S. The van der Waals surface area contributed by atoms with Crippen molar-refractivity contribution in [1.29, 1.82) is 0 Å². The number of piperazine rings is 1. The third kappa shape index (κ3) is 3.15. The lowest BCUT2D eigenvalue weighted by atomic mass is 10.2. The van der Waals surface area contributed by atoms with Gasteiger partial charge in [0.2, 0.25) is 5.91 Å². The molecule has 5 rings (SSSR count). The fourth-order valence-electron chi connectivity index (χ4n) is 4.03. The zero-order valence-corrected chi connectivity index (χ0v) is 15.7. The summed E-state index contributed by atoms with van der Waals surface area (Å²) in [6, 6.07) is 8.99. The number of carbonyl (C=O) groups excluding carboxylic acids is 1. The number of carbonyl (C=O) groups is 1. The molecule has 0 unspecified atom stereocenters.